The fourth-order valence-electron chi connectivity index (χ4n) is 7.64. The van der Waals surface area contributed by atoms with E-state index in [0.29, 0.717) is 38.5 Å². The number of amides is 1. The van der Waals surface area contributed by atoms with Gasteiger partial charge in [0.1, 0.15) is 18.6 Å². The van der Waals surface area contributed by atoms with Crippen LogP contribution in [-0.4, -0.2) is 90.3 Å². The lowest BCUT2D eigenvalue weighted by Gasteiger charge is -2.42. The molecule has 3 fully saturated rings. The summed E-state index contributed by atoms with van der Waals surface area (Å²) in [5.74, 6) is 0.402. The molecule has 9 nitrogen and oxygen atoms in total. The van der Waals surface area contributed by atoms with E-state index in [1.165, 1.54) is 34.6 Å². The zero-order valence-corrected chi connectivity index (χ0v) is 24.5. The number of halogens is 2. The summed E-state index contributed by atoms with van der Waals surface area (Å²) in [5.41, 5.74) is 6.19. The molecule has 226 valence electrons. The lowest BCUT2D eigenvalue weighted by Crippen LogP contribution is -2.55. The first kappa shape index (κ1) is 28.0. The van der Waals surface area contributed by atoms with Gasteiger partial charge in [-0.15, -0.1) is 0 Å². The zero-order chi connectivity index (χ0) is 29.8. The summed E-state index contributed by atoms with van der Waals surface area (Å²) in [6.07, 6.45) is 2.80. The minimum Gasteiger partial charge on any atom is -0.462 e. The van der Waals surface area contributed by atoms with Crippen LogP contribution < -0.4 is 14.5 Å². The number of hydrogen-bond donors (Lipinski definition) is 0. The lowest BCUT2D eigenvalue weighted by atomic mass is 9.99. The Morgan fingerprint density at radius 2 is 2.02 bits per heavy atom. The molecule has 5 aliphatic rings. The smallest absolute Gasteiger partial charge is 0.318 e. The van der Waals surface area contributed by atoms with Gasteiger partial charge in [-0.25, -0.2) is 8.78 Å². The minimum atomic E-state index is -1.02. The van der Waals surface area contributed by atoms with E-state index in [1.807, 2.05) is 11.9 Å². The summed E-state index contributed by atoms with van der Waals surface area (Å²) in [5, 5.41) is 9.48. The molecule has 5 atom stereocenters. The van der Waals surface area contributed by atoms with Crippen LogP contribution in [0, 0.1) is 17.2 Å². The number of anilines is 2. The number of benzene rings is 1. The largest absolute Gasteiger partial charge is 0.462 e. The number of fused-ring (bicyclic) bond motifs is 4. The summed E-state index contributed by atoms with van der Waals surface area (Å²) in [4.78, 5) is 30.1. The van der Waals surface area contributed by atoms with Gasteiger partial charge in [0.25, 0.3) is 5.91 Å². The second-order valence-corrected chi connectivity index (χ2v) is 12.7. The molecule has 1 saturated carbocycles. The minimum absolute atomic E-state index is 0.0589. The number of aromatic nitrogens is 2. The van der Waals surface area contributed by atoms with Crippen molar-refractivity contribution in [3.63, 3.8) is 0 Å². The Morgan fingerprint density at radius 3 is 2.79 bits per heavy atom. The molecule has 2 saturated heterocycles. The van der Waals surface area contributed by atoms with Crippen molar-refractivity contribution in [2.45, 2.75) is 62.8 Å². The number of ether oxygens (including phenoxy) is 1. The van der Waals surface area contributed by atoms with Crippen molar-refractivity contribution >= 4 is 17.4 Å². The van der Waals surface area contributed by atoms with Crippen molar-refractivity contribution in [3.8, 4) is 12.1 Å². The Morgan fingerprint density at radius 1 is 1.16 bits per heavy atom. The zero-order valence-electron chi connectivity index (χ0n) is 24.5. The summed E-state index contributed by atoms with van der Waals surface area (Å²) >= 11 is 0. The Hall–Kier alpha value is -3.78. The number of carbonyl (C=O) groups excluding carboxylic acids is 1. The normalized spacial score (nSPS) is 27.8. The van der Waals surface area contributed by atoms with Gasteiger partial charge in [0, 0.05) is 50.0 Å². The first-order valence-electron chi connectivity index (χ1n) is 15.3. The highest BCUT2D eigenvalue weighted by Crippen LogP contribution is 2.59. The van der Waals surface area contributed by atoms with Crippen molar-refractivity contribution in [2.24, 2.45) is 5.92 Å². The van der Waals surface area contributed by atoms with Gasteiger partial charge in [-0.2, -0.15) is 15.2 Å². The van der Waals surface area contributed by atoms with Crippen LogP contribution in [0.15, 0.2) is 30.6 Å². The Balaban J connectivity index is 1.19. The van der Waals surface area contributed by atoms with E-state index in [4.69, 9.17) is 14.7 Å². The van der Waals surface area contributed by atoms with Crippen LogP contribution in [-0.2, 0) is 24.2 Å². The van der Waals surface area contributed by atoms with Gasteiger partial charge in [-0.3, -0.25) is 9.69 Å². The maximum Gasteiger partial charge on any atom is 0.318 e. The number of hydrogen-bond acceptors (Lipinski definition) is 8. The quantitative estimate of drug-likeness (QED) is 0.454. The van der Waals surface area contributed by atoms with Crippen molar-refractivity contribution in [1.29, 1.82) is 5.26 Å². The maximum atomic E-state index is 14.0. The van der Waals surface area contributed by atoms with Crippen molar-refractivity contribution in [3.05, 3.63) is 53.0 Å². The Kier molecular flexibility index (Phi) is 7.20. The van der Waals surface area contributed by atoms with Gasteiger partial charge in [-0.05, 0) is 61.8 Å². The van der Waals surface area contributed by atoms with E-state index >= 15 is 0 Å². The van der Waals surface area contributed by atoms with E-state index in [0.717, 1.165) is 36.0 Å². The first-order valence-corrected chi connectivity index (χ1v) is 15.3. The van der Waals surface area contributed by atoms with Gasteiger partial charge < -0.3 is 19.4 Å². The number of nitrogens with zero attached hydrogens (tertiary/aromatic N) is 7. The number of carbonyl (C=O) groups is 1. The van der Waals surface area contributed by atoms with Crippen LogP contribution in [0.25, 0.3) is 0 Å². The molecule has 7 rings (SSSR count). The predicted octanol–water partition coefficient (Wildman–Crippen LogP) is 3.53. The van der Waals surface area contributed by atoms with Crippen LogP contribution in [0.3, 0.4) is 0 Å². The molecule has 0 bridgehead atoms. The molecule has 2 aromatic rings. The highest BCUT2D eigenvalue weighted by molar-refractivity contribution is 5.91. The molecule has 2 aliphatic carbocycles. The SMILES string of the molecule is C=C(F)C(=O)N1CCN(c2nc(OC[C@@H]3C[C@@H](F)CN3C)nc3c2CCN(c2cccc4c2C2CC2C4)C3)C[C@@H]1CC#N. The molecule has 3 aliphatic heterocycles. The fourth-order valence-corrected chi connectivity index (χ4v) is 7.64. The fraction of sp³-hybridized carbons (Fsp3) is 0.562. The summed E-state index contributed by atoms with van der Waals surface area (Å²) < 4.78 is 34.0. The molecule has 0 radical (unpaired) electrons. The summed E-state index contributed by atoms with van der Waals surface area (Å²) in [7, 11) is 1.90. The first-order chi connectivity index (χ1) is 20.8. The lowest BCUT2D eigenvalue weighted by molar-refractivity contribution is -0.131. The van der Waals surface area contributed by atoms with Gasteiger partial charge in [0.2, 0.25) is 0 Å². The Labute approximate surface area is 250 Å². The molecular weight excluding hydrogens is 552 g/mol. The molecule has 0 spiro atoms. The predicted molar refractivity (Wildman–Crippen MR) is 157 cm³/mol. The maximum absolute atomic E-state index is 14.0. The molecule has 1 aromatic carbocycles. The molecule has 1 amide bonds. The topological polar surface area (TPSA) is 88.8 Å². The van der Waals surface area contributed by atoms with E-state index in [-0.39, 0.29) is 31.6 Å². The highest BCUT2D eigenvalue weighted by Gasteiger charge is 2.47. The number of likely N-dealkylation sites (tertiary alicyclic amines) is 1. The summed E-state index contributed by atoms with van der Waals surface area (Å²) in [6, 6.07) is 8.49. The monoisotopic (exact) mass is 589 g/mol. The third-order valence-electron chi connectivity index (χ3n) is 9.96. The van der Waals surface area contributed by atoms with Gasteiger partial charge in [0.05, 0.1) is 30.8 Å². The van der Waals surface area contributed by atoms with Crippen LogP contribution in [0.2, 0.25) is 0 Å². The van der Waals surface area contributed by atoms with Crippen molar-refractivity contribution in [2.75, 3.05) is 56.2 Å². The summed E-state index contributed by atoms with van der Waals surface area (Å²) in [6.45, 7) is 6.30. The highest BCUT2D eigenvalue weighted by atomic mass is 19.1. The number of alkyl halides is 1. The van der Waals surface area contributed by atoms with Crippen LogP contribution in [0.5, 0.6) is 6.01 Å². The van der Waals surface area contributed by atoms with E-state index in [2.05, 4.69) is 40.6 Å². The van der Waals surface area contributed by atoms with Crippen LogP contribution >= 0.6 is 0 Å². The molecule has 0 N–H and O–H groups in total. The van der Waals surface area contributed by atoms with Crippen molar-refractivity contribution in [1.82, 2.24) is 19.8 Å². The number of likely N-dealkylation sites (N-methyl/N-ethyl adjacent to an activating group) is 1. The number of nitriles is 1. The molecule has 11 heteroatoms. The molecule has 43 heavy (non-hydrogen) atoms. The third kappa shape index (κ3) is 5.20. The van der Waals surface area contributed by atoms with Crippen LogP contribution in [0.1, 0.15) is 47.6 Å². The average molecular weight is 590 g/mol. The van der Waals surface area contributed by atoms with E-state index < -0.39 is 23.9 Å². The van der Waals surface area contributed by atoms with Gasteiger partial charge >= 0.3 is 6.01 Å². The molecule has 1 aromatic heterocycles. The number of rotatable bonds is 7. The van der Waals surface area contributed by atoms with E-state index in [9.17, 15) is 18.8 Å². The van der Waals surface area contributed by atoms with E-state index in [1.54, 1.807) is 0 Å². The van der Waals surface area contributed by atoms with Crippen molar-refractivity contribution < 1.29 is 18.3 Å². The second kappa shape index (κ2) is 11.1. The van der Waals surface area contributed by atoms with Gasteiger partial charge in [0.15, 0.2) is 5.83 Å². The Bertz CT molecular complexity index is 1490. The molecular formula is C32H37F2N7O2. The second-order valence-electron chi connectivity index (χ2n) is 12.7. The molecule has 4 heterocycles. The van der Waals surface area contributed by atoms with Crippen LogP contribution in [0.4, 0.5) is 20.3 Å². The third-order valence-corrected chi connectivity index (χ3v) is 9.96. The molecule has 2 unspecified atom stereocenters. The number of piperazine rings is 1. The van der Waals surface area contributed by atoms with Gasteiger partial charge in [-0.1, -0.05) is 18.7 Å². The standard InChI is InChI=1S/C32H37F2N7O2/c1-19(33)31(42)41-11-10-40(16-23(41)6-8-35)30-25-7-9-39(28-5-3-4-20-12-21-13-26(21)29(20)28)17-27(25)36-32(37-30)43-18-24-14-22(34)15-38(24)2/h3-5,21-24,26H,1,6-7,9-18H2,2H3/t21?,22-,23+,24+,26?/m1/s1. The average Bonchev–Trinajstić information content (AvgIpc) is 3.54.